The average Bonchev–Trinajstić information content (AvgIpc) is 2.46. The van der Waals surface area contributed by atoms with Gasteiger partial charge in [0.2, 0.25) is 10.0 Å². The van der Waals surface area contributed by atoms with E-state index < -0.39 is 10.0 Å². The van der Waals surface area contributed by atoms with Crippen LogP contribution in [0.2, 0.25) is 0 Å². The molecule has 5 nitrogen and oxygen atoms in total. The van der Waals surface area contributed by atoms with E-state index in [4.69, 9.17) is 10.5 Å². The first-order chi connectivity index (χ1) is 9.91. The molecule has 7 heteroatoms. The number of piperidine rings is 1. The number of rotatable bonds is 4. The number of benzene rings is 1. The molecule has 1 aliphatic rings. The highest BCUT2D eigenvalue weighted by Gasteiger charge is 2.35. The normalized spacial score (nSPS) is 19.5. The van der Waals surface area contributed by atoms with E-state index in [2.05, 4.69) is 0 Å². The summed E-state index contributed by atoms with van der Waals surface area (Å²) in [6, 6.07) is 3.49. The van der Waals surface area contributed by atoms with Gasteiger partial charge >= 0.3 is 0 Å². The van der Waals surface area contributed by atoms with E-state index in [0.29, 0.717) is 18.8 Å². The predicted molar refractivity (Wildman–Crippen MR) is 90.3 cm³/mol. The molecule has 2 rings (SSSR count). The third kappa shape index (κ3) is 3.56. The summed E-state index contributed by atoms with van der Waals surface area (Å²) in [5.74, 6) is 0.432. The quantitative estimate of drug-likeness (QED) is 0.905. The van der Waals surface area contributed by atoms with Crippen LogP contribution in [0.15, 0.2) is 17.0 Å². The molecule has 0 radical (unpaired) electrons. The Morgan fingerprint density at radius 3 is 2.59 bits per heavy atom. The molecule has 0 amide bonds. The van der Waals surface area contributed by atoms with Crippen molar-refractivity contribution in [3.8, 4) is 5.75 Å². The maximum atomic E-state index is 13.0. The molecule has 0 aromatic heterocycles. The molecule has 1 unspecified atom stereocenters. The summed E-state index contributed by atoms with van der Waals surface area (Å²) in [7, 11) is -2.08. The Balaban J connectivity index is 0.00000242. The van der Waals surface area contributed by atoms with Crippen molar-refractivity contribution in [3.05, 3.63) is 23.3 Å². The van der Waals surface area contributed by atoms with E-state index in [9.17, 15) is 8.42 Å². The van der Waals surface area contributed by atoms with Gasteiger partial charge in [-0.25, -0.2) is 8.42 Å². The second kappa shape index (κ2) is 7.64. The van der Waals surface area contributed by atoms with E-state index in [-0.39, 0.29) is 23.3 Å². The van der Waals surface area contributed by atoms with Gasteiger partial charge in [-0.1, -0.05) is 12.5 Å². The predicted octanol–water partition coefficient (Wildman–Crippen LogP) is 2.24. The lowest BCUT2D eigenvalue weighted by molar-refractivity contribution is 0.256. The molecule has 1 saturated heterocycles. The number of sulfonamides is 1. The highest BCUT2D eigenvalue weighted by Crippen LogP contribution is 2.33. The summed E-state index contributed by atoms with van der Waals surface area (Å²) >= 11 is 0. The van der Waals surface area contributed by atoms with Crippen molar-refractivity contribution in [1.29, 1.82) is 0 Å². The Bertz CT molecular complexity index is 619. The van der Waals surface area contributed by atoms with Crippen LogP contribution in [0, 0.1) is 13.8 Å². The van der Waals surface area contributed by atoms with Crippen molar-refractivity contribution >= 4 is 22.4 Å². The number of hydrogen-bond acceptors (Lipinski definition) is 4. The number of aryl methyl sites for hydroxylation is 2. The van der Waals surface area contributed by atoms with Gasteiger partial charge in [0, 0.05) is 19.1 Å². The lowest BCUT2D eigenvalue weighted by Crippen LogP contribution is -2.47. The topological polar surface area (TPSA) is 72.6 Å². The second-order valence-corrected chi connectivity index (χ2v) is 7.47. The third-order valence-corrected chi connectivity index (χ3v) is 5.98. The number of hydrogen-bond donors (Lipinski definition) is 1. The Labute approximate surface area is 139 Å². The zero-order valence-corrected chi connectivity index (χ0v) is 15.0. The highest BCUT2D eigenvalue weighted by atomic mass is 35.5. The van der Waals surface area contributed by atoms with Gasteiger partial charge in [-0.2, -0.15) is 4.31 Å². The van der Waals surface area contributed by atoms with Crippen LogP contribution >= 0.6 is 12.4 Å². The second-order valence-electron chi connectivity index (χ2n) is 5.61. The summed E-state index contributed by atoms with van der Waals surface area (Å²) in [4.78, 5) is 0.253. The molecule has 1 fully saturated rings. The van der Waals surface area contributed by atoms with Gasteiger partial charge in [0.1, 0.15) is 10.6 Å². The fourth-order valence-electron chi connectivity index (χ4n) is 3.02. The molecule has 1 heterocycles. The van der Waals surface area contributed by atoms with E-state index in [1.807, 2.05) is 19.9 Å². The van der Waals surface area contributed by atoms with E-state index >= 15 is 0 Å². The molecule has 1 atom stereocenters. The first-order valence-electron chi connectivity index (χ1n) is 7.29. The Morgan fingerprint density at radius 1 is 1.32 bits per heavy atom. The minimum atomic E-state index is -3.58. The Morgan fingerprint density at radius 2 is 2.00 bits per heavy atom. The van der Waals surface area contributed by atoms with Crippen molar-refractivity contribution in [2.75, 3.05) is 20.2 Å². The van der Waals surface area contributed by atoms with E-state index in [0.717, 1.165) is 30.4 Å². The first-order valence-corrected chi connectivity index (χ1v) is 8.73. The van der Waals surface area contributed by atoms with Crippen molar-refractivity contribution in [2.24, 2.45) is 5.73 Å². The zero-order valence-electron chi connectivity index (χ0n) is 13.3. The van der Waals surface area contributed by atoms with Gasteiger partial charge in [-0.15, -0.1) is 12.4 Å². The fraction of sp³-hybridized carbons (Fsp3) is 0.600. The molecule has 22 heavy (non-hydrogen) atoms. The lowest BCUT2D eigenvalue weighted by atomic mass is 10.1. The van der Waals surface area contributed by atoms with Crippen LogP contribution in [0.1, 0.15) is 30.4 Å². The minimum absolute atomic E-state index is 0. The van der Waals surface area contributed by atoms with Gasteiger partial charge in [-0.3, -0.25) is 0 Å². The van der Waals surface area contributed by atoms with Crippen molar-refractivity contribution in [2.45, 2.75) is 44.0 Å². The van der Waals surface area contributed by atoms with Gasteiger partial charge in [-0.05, 0) is 43.9 Å². The molecule has 1 aromatic rings. The number of halogens is 1. The Kier molecular flexibility index (Phi) is 6.67. The molecule has 126 valence electrons. The Hall–Kier alpha value is -0.820. The molecule has 2 N–H and O–H groups in total. The summed E-state index contributed by atoms with van der Waals surface area (Å²) in [6.07, 6.45) is 2.73. The molecule has 0 bridgehead atoms. The molecule has 1 aliphatic heterocycles. The average molecular weight is 349 g/mol. The van der Waals surface area contributed by atoms with Crippen LogP contribution in [0.3, 0.4) is 0 Å². The monoisotopic (exact) mass is 348 g/mol. The van der Waals surface area contributed by atoms with E-state index in [1.54, 1.807) is 10.4 Å². The lowest BCUT2D eigenvalue weighted by Gasteiger charge is -2.34. The number of ether oxygens (including phenoxy) is 1. The third-order valence-electron chi connectivity index (χ3n) is 4.02. The molecule has 1 aromatic carbocycles. The maximum Gasteiger partial charge on any atom is 0.247 e. The van der Waals surface area contributed by atoms with Crippen LogP contribution in [0.25, 0.3) is 0 Å². The van der Waals surface area contributed by atoms with Crippen molar-refractivity contribution in [1.82, 2.24) is 4.31 Å². The minimum Gasteiger partial charge on any atom is -0.495 e. The number of methoxy groups -OCH3 is 1. The largest absolute Gasteiger partial charge is 0.495 e. The molecular formula is C15H25ClN2O3S. The number of nitrogens with two attached hydrogens (primary N) is 1. The standard InChI is InChI=1S/C15H24N2O3S.ClH/c1-11-8-12(2)15(20-3)14(9-11)21(18,19)17-7-5-4-6-13(17)10-16;/h8-9,13H,4-7,10,16H2,1-3H3;1H. The van der Waals surface area contributed by atoms with Crippen molar-refractivity contribution < 1.29 is 13.2 Å². The molecule has 0 aliphatic carbocycles. The van der Waals surface area contributed by atoms with Crippen LogP contribution in [-0.2, 0) is 10.0 Å². The van der Waals surface area contributed by atoms with Crippen molar-refractivity contribution in [3.63, 3.8) is 0 Å². The SMILES string of the molecule is COc1c(C)cc(C)cc1S(=O)(=O)N1CCCCC1CN.Cl. The van der Waals surface area contributed by atoms with Gasteiger partial charge < -0.3 is 10.5 Å². The van der Waals surface area contributed by atoms with Gasteiger partial charge in [0.25, 0.3) is 0 Å². The van der Waals surface area contributed by atoms with Gasteiger partial charge in [0.05, 0.1) is 7.11 Å². The smallest absolute Gasteiger partial charge is 0.247 e. The molecule has 0 spiro atoms. The zero-order chi connectivity index (χ0) is 15.6. The van der Waals surface area contributed by atoms with Crippen LogP contribution in [-0.4, -0.2) is 39.0 Å². The van der Waals surface area contributed by atoms with Gasteiger partial charge in [0.15, 0.2) is 0 Å². The summed E-state index contributed by atoms with van der Waals surface area (Å²) < 4.78 is 33.0. The highest BCUT2D eigenvalue weighted by molar-refractivity contribution is 7.89. The fourth-order valence-corrected chi connectivity index (χ4v) is 5.04. The molecule has 0 saturated carbocycles. The summed E-state index contributed by atoms with van der Waals surface area (Å²) in [5.41, 5.74) is 7.50. The first kappa shape index (κ1) is 19.2. The van der Waals surface area contributed by atoms with Crippen LogP contribution < -0.4 is 10.5 Å². The summed E-state index contributed by atoms with van der Waals surface area (Å²) in [5, 5.41) is 0. The maximum absolute atomic E-state index is 13.0. The van der Waals surface area contributed by atoms with Crippen LogP contribution in [0.4, 0.5) is 0 Å². The van der Waals surface area contributed by atoms with E-state index in [1.165, 1.54) is 7.11 Å². The van der Waals surface area contributed by atoms with Crippen LogP contribution in [0.5, 0.6) is 5.75 Å². The summed E-state index contributed by atoms with van der Waals surface area (Å²) in [6.45, 7) is 4.64. The number of nitrogens with zero attached hydrogens (tertiary/aromatic N) is 1. The molecular weight excluding hydrogens is 324 g/mol.